The first-order valence-corrected chi connectivity index (χ1v) is 7.24. The summed E-state index contributed by atoms with van der Waals surface area (Å²) in [6.45, 7) is 3.76. The molecule has 0 bridgehead atoms. The van der Waals surface area contributed by atoms with Crippen molar-refractivity contribution in [2.75, 3.05) is 13.2 Å². The molecule has 0 amide bonds. The number of hydrogen-bond acceptors (Lipinski definition) is 2. The second-order valence-corrected chi connectivity index (χ2v) is 5.42. The van der Waals surface area contributed by atoms with Crippen LogP contribution in [0.5, 0.6) is 5.75 Å². The quantitative estimate of drug-likeness (QED) is 0.799. The molecule has 2 nitrogen and oxygen atoms in total. The van der Waals surface area contributed by atoms with Gasteiger partial charge in [-0.15, -0.1) is 12.4 Å². The Morgan fingerprint density at radius 3 is 2.32 bits per heavy atom. The fraction of sp³-hybridized carbons (Fsp3) is 0.625. The minimum atomic E-state index is 0. The second kappa shape index (κ2) is 7.76. The number of nitrogens with two attached hydrogens (primary N) is 1. The lowest BCUT2D eigenvalue weighted by molar-refractivity contribution is 0.309. The van der Waals surface area contributed by atoms with Gasteiger partial charge in [0, 0.05) is 12.0 Å². The standard InChI is InChI=1S/C16H25NO.ClH/c1-2-3-12-18-15-8-6-14(7-9-15)16(13-17)10-4-5-11-16;/h6-9H,2-5,10-13,17H2,1H3;1H. The summed E-state index contributed by atoms with van der Waals surface area (Å²) >= 11 is 0. The summed E-state index contributed by atoms with van der Waals surface area (Å²) in [4.78, 5) is 0. The van der Waals surface area contributed by atoms with Gasteiger partial charge >= 0.3 is 0 Å². The first-order chi connectivity index (χ1) is 8.80. The zero-order chi connectivity index (χ0) is 12.8. The van der Waals surface area contributed by atoms with Gasteiger partial charge in [-0.2, -0.15) is 0 Å². The molecule has 1 fully saturated rings. The number of hydrogen-bond donors (Lipinski definition) is 1. The predicted octanol–water partition coefficient (Wildman–Crippen LogP) is 4.06. The summed E-state index contributed by atoms with van der Waals surface area (Å²) in [6.07, 6.45) is 7.39. The van der Waals surface area contributed by atoms with E-state index in [-0.39, 0.29) is 17.8 Å². The Balaban J connectivity index is 0.00000180. The van der Waals surface area contributed by atoms with E-state index in [1.165, 1.54) is 37.7 Å². The van der Waals surface area contributed by atoms with Crippen molar-refractivity contribution in [3.8, 4) is 5.75 Å². The van der Waals surface area contributed by atoms with Crippen LogP contribution in [0.15, 0.2) is 24.3 Å². The van der Waals surface area contributed by atoms with Crippen molar-refractivity contribution in [3.05, 3.63) is 29.8 Å². The summed E-state index contributed by atoms with van der Waals surface area (Å²) in [7, 11) is 0. The third kappa shape index (κ3) is 3.87. The average Bonchev–Trinajstić information content (AvgIpc) is 2.90. The molecule has 1 aliphatic carbocycles. The number of unbranched alkanes of at least 4 members (excludes halogenated alkanes) is 1. The number of rotatable bonds is 6. The van der Waals surface area contributed by atoms with E-state index in [0.717, 1.165) is 25.3 Å². The number of ether oxygens (including phenoxy) is 1. The zero-order valence-electron chi connectivity index (χ0n) is 11.9. The van der Waals surface area contributed by atoms with Gasteiger partial charge in [-0.25, -0.2) is 0 Å². The Kier molecular flexibility index (Phi) is 6.67. The third-order valence-corrected chi connectivity index (χ3v) is 4.18. The van der Waals surface area contributed by atoms with Crippen molar-refractivity contribution < 1.29 is 4.74 Å². The molecule has 2 N–H and O–H groups in total. The summed E-state index contributed by atoms with van der Waals surface area (Å²) in [6, 6.07) is 8.61. The van der Waals surface area contributed by atoms with Crippen LogP contribution in [0, 0.1) is 0 Å². The number of halogens is 1. The average molecular weight is 284 g/mol. The molecule has 0 spiro atoms. The predicted molar refractivity (Wildman–Crippen MR) is 83.3 cm³/mol. The van der Waals surface area contributed by atoms with E-state index in [0.29, 0.717) is 0 Å². The van der Waals surface area contributed by atoms with Crippen molar-refractivity contribution in [3.63, 3.8) is 0 Å². The first-order valence-electron chi connectivity index (χ1n) is 7.24. The van der Waals surface area contributed by atoms with Crippen LogP contribution in [0.2, 0.25) is 0 Å². The minimum Gasteiger partial charge on any atom is -0.494 e. The molecule has 0 aliphatic heterocycles. The molecule has 1 aliphatic rings. The molecule has 1 aromatic rings. The molecular formula is C16H26ClNO. The van der Waals surface area contributed by atoms with Gasteiger partial charge < -0.3 is 10.5 Å². The largest absolute Gasteiger partial charge is 0.494 e. The summed E-state index contributed by atoms with van der Waals surface area (Å²) in [5.74, 6) is 0.984. The Bertz CT molecular complexity index is 358. The summed E-state index contributed by atoms with van der Waals surface area (Å²) < 4.78 is 5.70. The molecule has 1 saturated carbocycles. The lowest BCUT2D eigenvalue weighted by Gasteiger charge is -2.28. The molecule has 0 unspecified atom stereocenters. The molecule has 108 valence electrons. The lowest BCUT2D eigenvalue weighted by Crippen LogP contribution is -2.31. The minimum absolute atomic E-state index is 0. The Morgan fingerprint density at radius 2 is 1.79 bits per heavy atom. The second-order valence-electron chi connectivity index (χ2n) is 5.42. The van der Waals surface area contributed by atoms with Crippen LogP contribution in [-0.2, 0) is 5.41 Å². The van der Waals surface area contributed by atoms with Crippen molar-refractivity contribution in [1.29, 1.82) is 0 Å². The van der Waals surface area contributed by atoms with Gasteiger partial charge in [0.2, 0.25) is 0 Å². The van der Waals surface area contributed by atoms with Gasteiger partial charge in [-0.1, -0.05) is 38.3 Å². The highest BCUT2D eigenvalue weighted by molar-refractivity contribution is 5.85. The van der Waals surface area contributed by atoms with Crippen molar-refractivity contribution in [2.45, 2.75) is 50.9 Å². The van der Waals surface area contributed by atoms with Gasteiger partial charge in [0.15, 0.2) is 0 Å². The molecule has 3 heteroatoms. The molecule has 2 rings (SSSR count). The van der Waals surface area contributed by atoms with Gasteiger partial charge in [0.05, 0.1) is 6.61 Å². The molecule has 0 aromatic heterocycles. The van der Waals surface area contributed by atoms with E-state index in [4.69, 9.17) is 10.5 Å². The summed E-state index contributed by atoms with van der Waals surface area (Å²) in [5, 5.41) is 0. The molecule has 0 heterocycles. The maximum Gasteiger partial charge on any atom is 0.119 e. The Labute approximate surface area is 123 Å². The van der Waals surface area contributed by atoms with E-state index < -0.39 is 0 Å². The third-order valence-electron chi connectivity index (χ3n) is 4.18. The molecule has 1 aromatic carbocycles. The van der Waals surface area contributed by atoms with E-state index in [1.54, 1.807) is 0 Å². The van der Waals surface area contributed by atoms with Crippen LogP contribution in [0.1, 0.15) is 51.0 Å². The molecule has 0 radical (unpaired) electrons. The van der Waals surface area contributed by atoms with Crippen LogP contribution < -0.4 is 10.5 Å². The van der Waals surface area contributed by atoms with Gasteiger partial charge in [-0.3, -0.25) is 0 Å². The SMILES string of the molecule is CCCCOc1ccc(C2(CN)CCCC2)cc1.Cl. The monoisotopic (exact) mass is 283 g/mol. The zero-order valence-corrected chi connectivity index (χ0v) is 12.7. The van der Waals surface area contributed by atoms with Crippen LogP contribution in [0.4, 0.5) is 0 Å². The van der Waals surface area contributed by atoms with E-state index in [2.05, 4.69) is 31.2 Å². The van der Waals surface area contributed by atoms with Crippen LogP contribution >= 0.6 is 12.4 Å². The maximum atomic E-state index is 6.01. The van der Waals surface area contributed by atoms with Crippen LogP contribution in [-0.4, -0.2) is 13.2 Å². The van der Waals surface area contributed by atoms with Gasteiger partial charge in [0.1, 0.15) is 5.75 Å². The highest BCUT2D eigenvalue weighted by Crippen LogP contribution is 2.40. The van der Waals surface area contributed by atoms with E-state index in [1.807, 2.05) is 0 Å². The van der Waals surface area contributed by atoms with Gasteiger partial charge in [-0.05, 0) is 37.0 Å². The number of benzene rings is 1. The Hall–Kier alpha value is -0.730. The fourth-order valence-corrected chi connectivity index (χ4v) is 2.90. The van der Waals surface area contributed by atoms with E-state index >= 15 is 0 Å². The van der Waals surface area contributed by atoms with Crippen molar-refractivity contribution in [1.82, 2.24) is 0 Å². The Morgan fingerprint density at radius 1 is 1.16 bits per heavy atom. The normalized spacial score (nSPS) is 16.9. The van der Waals surface area contributed by atoms with E-state index in [9.17, 15) is 0 Å². The maximum absolute atomic E-state index is 6.01. The van der Waals surface area contributed by atoms with Crippen LogP contribution in [0.25, 0.3) is 0 Å². The van der Waals surface area contributed by atoms with Crippen LogP contribution in [0.3, 0.4) is 0 Å². The molecule has 0 saturated heterocycles. The topological polar surface area (TPSA) is 35.2 Å². The highest BCUT2D eigenvalue weighted by Gasteiger charge is 2.33. The highest BCUT2D eigenvalue weighted by atomic mass is 35.5. The fourth-order valence-electron chi connectivity index (χ4n) is 2.90. The molecular weight excluding hydrogens is 258 g/mol. The van der Waals surface area contributed by atoms with Crippen molar-refractivity contribution >= 4 is 12.4 Å². The van der Waals surface area contributed by atoms with Crippen molar-refractivity contribution in [2.24, 2.45) is 5.73 Å². The molecule has 0 atom stereocenters. The lowest BCUT2D eigenvalue weighted by atomic mass is 9.79. The summed E-state index contributed by atoms with van der Waals surface area (Å²) in [5.41, 5.74) is 7.64. The first kappa shape index (κ1) is 16.3. The molecule has 19 heavy (non-hydrogen) atoms. The van der Waals surface area contributed by atoms with Gasteiger partial charge in [0.25, 0.3) is 0 Å². The smallest absolute Gasteiger partial charge is 0.119 e.